The second-order valence-electron chi connectivity index (χ2n) is 7.51. The summed E-state index contributed by atoms with van der Waals surface area (Å²) in [6.07, 6.45) is 3.08. The van der Waals surface area contributed by atoms with Crippen LogP contribution in [0.1, 0.15) is 46.9 Å². The lowest BCUT2D eigenvalue weighted by Crippen LogP contribution is -2.34. The lowest BCUT2D eigenvalue weighted by Gasteiger charge is -2.13. The highest BCUT2D eigenvalue weighted by Crippen LogP contribution is 2.19. The summed E-state index contributed by atoms with van der Waals surface area (Å²) in [7, 11) is 0. The largest absolute Gasteiger partial charge is 0.493 e. The zero-order valence-electron chi connectivity index (χ0n) is 18.8. The number of benzene rings is 3. The van der Waals surface area contributed by atoms with E-state index in [-0.39, 0.29) is 16.9 Å². The summed E-state index contributed by atoms with van der Waals surface area (Å²) in [5.41, 5.74) is 1.98. The number of rotatable bonds is 9. The molecule has 0 aromatic heterocycles. The van der Waals surface area contributed by atoms with Crippen molar-refractivity contribution in [1.29, 1.82) is 0 Å². The van der Waals surface area contributed by atoms with Crippen LogP contribution in [0.4, 0.5) is 11.4 Å². The van der Waals surface area contributed by atoms with E-state index in [2.05, 4.69) is 22.9 Å². The molecule has 0 aliphatic heterocycles. The van der Waals surface area contributed by atoms with Crippen molar-refractivity contribution in [2.75, 3.05) is 17.2 Å². The van der Waals surface area contributed by atoms with Gasteiger partial charge in [-0.2, -0.15) is 0 Å². The Bertz CT molecular complexity index is 1170. The third-order valence-electron chi connectivity index (χ3n) is 4.83. The molecule has 0 aliphatic rings. The van der Waals surface area contributed by atoms with E-state index in [1.165, 1.54) is 0 Å². The van der Waals surface area contributed by atoms with Gasteiger partial charge in [0.05, 0.1) is 12.2 Å². The van der Waals surface area contributed by atoms with Crippen LogP contribution in [0.3, 0.4) is 0 Å². The fourth-order valence-corrected chi connectivity index (χ4v) is 3.56. The van der Waals surface area contributed by atoms with Crippen LogP contribution in [0.25, 0.3) is 0 Å². The van der Waals surface area contributed by atoms with Crippen molar-refractivity contribution in [1.82, 2.24) is 5.32 Å². The Morgan fingerprint density at radius 1 is 0.882 bits per heavy atom. The van der Waals surface area contributed by atoms with Crippen LogP contribution in [-0.2, 0) is 0 Å². The molecule has 3 aromatic rings. The Morgan fingerprint density at radius 2 is 1.62 bits per heavy atom. The van der Waals surface area contributed by atoms with Gasteiger partial charge in [0.1, 0.15) is 5.75 Å². The Morgan fingerprint density at radius 3 is 2.38 bits per heavy atom. The first-order valence-electron chi connectivity index (χ1n) is 11.0. The van der Waals surface area contributed by atoms with E-state index in [1.807, 2.05) is 6.07 Å². The number of thiocarbonyl (C=S) groups is 1. The van der Waals surface area contributed by atoms with Crippen LogP contribution in [0.15, 0.2) is 72.8 Å². The van der Waals surface area contributed by atoms with E-state index in [0.717, 1.165) is 19.3 Å². The van der Waals surface area contributed by atoms with Crippen molar-refractivity contribution in [2.45, 2.75) is 26.2 Å². The maximum atomic E-state index is 12.8. The fourth-order valence-electron chi connectivity index (χ4n) is 3.15. The van der Waals surface area contributed by atoms with Crippen LogP contribution < -0.4 is 20.7 Å². The molecule has 0 bridgehead atoms. The first-order chi connectivity index (χ1) is 16.5. The number of halogens is 1. The van der Waals surface area contributed by atoms with Crippen molar-refractivity contribution in [3.05, 3.63) is 88.9 Å². The van der Waals surface area contributed by atoms with Gasteiger partial charge in [0.25, 0.3) is 11.8 Å². The number of carbonyl (C=O) groups excluding carboxylic acids is 2. The van der Waals surface area contributed by atoms with E-state index in [4.69, 9.17) is 28.6 Å². The summed E-state index contributed by atoms with van der Waals surface area (Å²) < 4.78 is 5.78. The highest BCUT2D eigenvalue weighted by molar-refractivity contribution is 7.80. The number of hydrogen-bond acceptors (Lipinski definition) is 4. The third kappa shape index (κ3) is 7.57. The molecule has 8 heteroatoms. The Hall–Kier alpha value is -3.42. The molecular formula is C26H26ClN3O3S. The highest BCUT2D eigenvalue weighted by atomic mass is 35.5. The molecule has 0 saturated heterocycles. The number of ether oxygens (including phenoxy) is 1. The molecule has 6 nitrogen and oxygen atoms in total. The highest BCUT2D eigenvalue weighted by Gasteiger charge is 2.14. The van der Waals surface area contributed by atoms with E-state index >= 15 is 0 Å². The monoisotopic (exact) mass is 495 g/mol. The van der Waals surface area contributed by atoms with Gasteiger partial charge in [0, 0.05) is 22.0 Å². The molecule has 0 unspecified atom stereocenters. The number of hydrogen-bond donors (Lipinski definition) is 3. The SMILES string of the molecule is CCCCCOc1ccccc1C(=O)NC(=S)Nc1cccc(C(=O)Nc2cccc(Cl)c2)c1. The second-order valence-corrected chi connectivity index (χ2v) is 8.35. The number of nitrogens with one attached hydrogen (secondary N) is 3. The number of carbonyl (C=O) groups is 2. The maximum absolute atomic E-state index is 12.8. The average Bonchev–Trinajstić information content (AvgIpc) is 2.82. The molecule has 0 radical (unpaired) electrons. The molecule has 0 spiro atoms. The Kier molecular flexibility index (Phi) is 9.43. The molecule has 34 heavy (non-hydrogen) atoms. The quantitative estimate of drug-likeness (QED) is 0.240. The normalized spacial score (nSPS) is 10.3. The summed E-state index contributed by atoms with van der Waals surface area (Å²) in [5, 5.41) is 9.05. The van der Waals surface area contributed by atoms with Gasteiger partial charge in [-0.3, -0.25) is 14.9 Å². The minimum atomic E-state index is -0.376. The van der Waals surface area contributed by atoms with E-state index in [0.29, 0.717) is 39.9 Å². The molecule has 0 fully saturated rings. The minimum Gasteiger partial charge on any atom is -0.493 e. The first-order valence-corrected chi connectivity index (χ1v) is 11.8. The van der Waals surface area contributed by atoms with Crippen molar-refractivity contribution in [3.63, 3.8) is 0 Å². The average molecular weight is 496 g/mol. The fraction of sp³-hybridized carbons (Fsp3) is 0.192. The van der Waals surface area contributed by atoms with Crippen LogP contribution in [0.5, 0.6) is 5.75 Å². The molecule has 0 saturated carbocycles. The summed E-state index contributed by atoms with van der Waals surface area (Å²) in [6, 6.07) is 20.7. The number of amides is 2. The minimum absolute atomic E-state index is 0.109. The maximum Gasteiger partial charge on any atom is 0.261 e. The Balaban J connectivity index is 1.60. The van der Waals surface area contributed by atoms with Crippen molar-refractivity contribution >= 4 is 52.1 Å². The van der Waals surface area contributed by atoms with Gasteiger partial charge in [-0.1, -0.05) is 55.6 Å². The molecule has 3 N–H and O–H groups in total. The summed E-state index contributed by atoms with van der Waals surface area (Å²) in [6.45, 7) is 2.67. The topological polar surface area (TPSA) is 79.5 Å². The number of para-hydroxylation sites is 1. The van der Waals surface area contributed by atoms with Crippen LogP contribution in [0.2, 0.25) is 5.02 Å². The molecule has 0 aliphatic carbocycles. The van der Waals surface area contributed by atoms with E-state index in [9.17, 15) is 9.59 Å². The van der Waals surface area contributed by atoms with Crippen molar-refractivity contribution < 1.29 is 14.3 Å². The predicted octanol–water partition coefficient (Wildman–Crippen LogP) is 6.29. The molecule has 2 amide bonds. The molecule has 3 rings (SSSR count). The number of anilines is 2. The second kappa shape index (κ2) is 12.7. The smallest absolute Gasteiger partial charge is 0.261 e. The van der Waals surface area contributed by atoms with Gasteiger partial charge in [0.15, 0.2) is 5.11 Å². The molecule has 3 aromatic carbocycles. The van der Waals surface area contributed by atoms with Gasteiger partial charge in [-0.25, -0.2) is 0 Å². The number of unbranched alkanes of at least 4 members (excludes halogenated alkanes) is 2. The van der Waals surface area contributed by atoms with Gasteiger partial charge < -0.3 is 15.4 Å². The molecule has 0 heterocycles. The predicted molar refractivity (Wildman–Crippen MR) is 141 cm³/mol. The lowest BCUT2D eigenvalue weighted by atomic mass is 10.1. The van der Waals surface area contributed by atoms with E-state index < -0.39 is 0 Å². The van der Waals surface area contributed by atoms with Gasteiger partial charge in [-0.15, -0.1) is 0 Å². The lowest BCUT2D eigenvalue weighted by molar-refractivity contribution is 0.0972. The van der Waals surface area contributed by atoms with Gasteiger partial charge >= 0.3 is 0 Å². The zero-order valence-corrected chi connectivity index (χ0v) is 20.3. The molecular weight excluding hydrogens is 470 g/mol. The summed E-state index contributed by atoms with van der Waals surface area (Å²) in [4.78, 5) is 25.4. The van der Waals surface area contributed by atoms with Gasteiger partial charge in [0.2, 0.25) is 0 Å². The zero-order chi connectivity index (χ0) is 24.3. The molecule has 0 atom stereocenters. The van der Waals surface area contributed by atoms with Crippen LogP contribution in [0, 0.1) is 0 Å². The Labute approximate surface area is 209 Å². The summed E-state index contributed by atoms with van der Waals surface area (Å²) in [5.74, 6) is -0.160. The first kappa shape index (κ1) is 25.2. The standard InChI is InChI=1S/C26H26ClN3O3S/c1-2-3-6-15-33-23-14-5-4-13-22(23)25(32)30-26(34)29-20-11-7-9-18(16-20)24(31)28-21-12-8-10-19(27)17-21/h4-5,7-14,16-17H,2-3,6,15H2,1H3,(H,28,31)(H2,29,30,32,34). The van der Waals surface area contributed by atoms with E-state index in [1.54, 1.807) is 66.7 Å². The van der Waals surface area contributed by atoms with Gasteiger partial charge in [-0.05, 0) is 67.2 Å². The van der Waals surface area contributed by atoms with Crippen molar-refractivity contribution in [3.8, 4) is 5.75 Å². The van der Waals surface area contributed by atoms with Crippen LogP contribution >= 0.6 is 23.8 Å². The molecule has 176 valence electrons. The summed E-state index contributed by atoms with van der Waals surface area (Å²) >= 11 is 11.3. The van der Waals surface area contributed by atoms with Crippen LogP contribution in [-0.4, -0.2) is 23.5 Å². The van der Waals surface area contributed by atoms with Crippen molar-refractivity contribution in [2.24, 2.45) is 0 Å². The third-order valence-corrected chi connectivity index (χ3v) is 5.27.